The SMILES string of the molecule is COC(=O)[C@@H]1O[C@H](O)[C@H](OC(=O)c2ccccc2)[C@@H](OCc2ccccc2)[C@@H]1O[C@H]1O[C@H](COC(C)=O)[C@@H](OCc2ccccc2)[C@H](OCc2ccccc2)[C@H]1N=[N+]=[N-]. The Balaban J connectivity index is 1.39. The number of methoxy groups -OCH3 is 1. The zero-order valence-electron chi connectivity index (χ0n) is 32.3. The van der Waals surface area contributed by atoms with Crippen molar-refractivity contribution in [2.45, 2.75) is 88.1 Å². The van der Waals surface area contributed by atoms with Crippen molar-refractivity contribution in [1.29, 1.82) is 0 Å². The first kappa shape index (κ1) is 42.9. The molecule has 0 bridgehead atoms. The van der Waals surface area contributed by atoms with Gasteiger partial charge in [-0.3, -0.25) is 4.79 Å². The van der Waals surface area contributed by atoms with Gasteiger partial charge in [-0.2, -0.15) is 0 Å². The summed E-state index contributed by atoms with van der Waals surface area (Å²) < 4.78 is 54.5. The summed E-state index contributed by atoms with van der Waals surface area (Å²) in [6.45, 7) is 0.914. The van der Waals surface area contributed by atoms with Crippen molar-refractivity contribution < 1.29 is 62.1 Å². The second-order valence-corrected chi connectivity index (χ2v) is 13.6. The van der Waals surface area contributed by atoms with Crippen molar-refractivity contribution in [3.63, 3.8) is 0 Å². The van der Waals surface area contributed by atoms with E-state index in [0.29, 0.717) is 5.56 Å². The maximum Gasteiger partial charge on any atom is 0.338 e. The van der Waals surface area contributed by atoms with E-state index in [-0.39, 0.29) is 32.0 Å². The maximum absolute atomic E-state index is 13.5. The summed E-state index contributed by atoms with van der Waals surface area (Å²) in [5, 5.41) is 15.4. The average molecular weight is 812 g/mol. The lowest BCUT2D eigenvalue weighted by molar-refractivity contribution is -0.343. The Kier molecular flexibility index (Phi) is 15.5. The topological polar surface area (TPSA) is 203 Å². The van der Waals surface area contributed by atoms with Crippen molar-refractivity contribution in [3.05, 3.63) is 154 Å². The molecular weight excluding hydrogens is 766 g/mol. The lowest BCUT2D eigenvalue weighted by Crippen LogP contribution is -2.66. The molecule has 2 aliphatic rings. The van der Waals surface area contributed by atoms with E-state index in [1.165, 1.54) is 19.1 Å². The third-order valence-electron chi connectivity index (χ3n) is 9.60. The Hall–Kier alpha value is -5.68. The quantitative estimate of drug-likeness (QED) is 0.0479. The average Bonchev–Trinajstić information content (AvgIpc) is 3.26. The minimum atomic E-state index is -1.90. The van der Waals surface area contributed by atoms with Crippen LogP contribution >= 0.6 is 0 Å². The fourth-order valence-electron chi connectivity index (χ4n) is 6.73. The van der Waals surface area contributed by atoms with E-state index in [1.54, 1.807) is 42.5 Å². The third-order valence-corrected chi connectivity index (χ3v) is 9.60. The second kappa shape index (κ2) is 21.4. The molecule has 2 heterocycles. The summed E-state index contributed by atoms with van der Waals surface area (Å²) in [6.07, 6.45) is -13.0. The van der Waals surface area contributed by atoms with Gasteiger partial charge in [0.25, 0.3) is 0 Å². The van der Waals surface area contributed by atoms with Gasteiger partial charge in [-0.15, -0.1) is 0 Å². The van der Waals surface area contributed by atoms with E-state index in [0.717, 1.165) is 18.2 Å². The highest BCUT2D eigenvalue weighted by Crippen LogP contribution is 2.36. The molecule has 0 spiro atoms. The molecule has 10 atom stereocenters. The van der Waals surface area contributed by atoms with Crippen molar-refractivity contribution in [1.82, 2.24) is 0 Å². The molecule has 0 saturated carbocycles. The second-order valence-electron chi connectivity index (χ2n) is 13.6. The number of ether oxygens (including phenoxy) is 9. The molecule has 59 heavy (non-hydrogen) atoms. The Bertz CT molecular complexity index is 1990. The summed E-state index contributed by atoms with van der Waals surface area (Å²) in [7, 11) is 1.12. The largest absolute Gasteiger partial charge is 0.467 e. The number of hydrogen-bond acceptors (Lipinski definition) is 14. The number of hydrogen-bond donors (Lipinski definition) is 1. The van der Waals surface area contributed by atoms with Crippen LogP contribution in [0.2, 0.25) is 0 Å². The van der Waals surface area contributed by atoms with Crippen LogP contribution in [0.1, 0.15) is 34.0 Å². The van der Waals surface area contributed by atoms with Gasteiger partial charge >= 0.3 is 17.9 Å². The third kappa shape index (κ3) is 11.5. The fraction of sp³-hybridized carbons (Fsp3) is 0.372. The van der Waals surface area contributed by atoms with Crippen molar-refractivity contribution in [2.75, 3.05) is 13.7 Å². The number of esters is 3. The van der Waals surface area contributed by atoms with Gasteiger partial charge in [-0.05, 0) is 34.4 Å². The molecule has 2 aliphatic heterocycles. The van der Waals surface area contributed by atoms with Crippen LogP contribution in [0.15, 0.2) is 126 Å². The number of aliphatic hydroxyl groups is 1. The van der Waals surface area contributed by atoms with Gasteiger partial charge in [0.05, 0.1) is 32.5 Å². The van der Waals surface area contributed by atoms with Gasteiger partial charge in [-0.1, -0.05) is 114 Å². The standard InChI is InChI=1S/C43H45N3O13/c1-27(47)52-26-32-34(53-23-28-15-7-3-8-16-28)35(54-24-29-17-9-4-10-18-29)33(45-46-44)43(56-32)59-37-36(55-25-30-19-11-5-12-20-30)38(42(50)58-39(37)41(49)51-2)57-40(48)31-21-13-6-14-22-31/h3-22,32-39,42-43,50H,23-26H2,1-2H3/t32-,33-,34-,35-,36+,37+,38-,39-,42+,43-/m1/s1. The minimum Gasteiger partial charge on any atom is -0.467 e. The number of carbonyl (C=O) groups is 3. The van der Waals surface area contributed by atoms with Gasteiger partial charge in [0, 0.05) is 11.8 Å². The normalized spacial score (nSPS) is 26.5. The molecule has 0 aliphatic carbocycles. The summed E-state index contributed by atoms with van der Waals surface area (Å²) in [4.78, 5) is 42.2. The lowest BCUT2D eigenvalue weighted by atomic mass is 9.95. The number of benzene rings is 4. The zero-order chi connectivity index (χ0) is 41.6. The highest BCUT2D eigenvalue weighted by Gasteiger charge is 2.56. The van der Waals surface area contributed by atoms with Crippen LogP contribution in [-0.4, -0.2) is 98.1 Å². The molecule has 4 aromatic carbocycles. The van der Waals surface area contributed by atoms with Crippen LogP contribution in [0, 0.1) is 0 Å². The van der Waals surface area contributed by atoms with Gasteiger partial charge in [0.2, 0.25) is 0 Å². The minimum absolute atomic E-state index is 0.0327. The Labute approximate surface area is 340 Å². The molecule has 16 heteroatoms. The molecule has 0 unspecified atom stereocenters. The summed E-state index contributed by atoms with van der Waals surface area (Å²) in [6, 6.07) is 34.3. The zero-order valence-corrected chi connectivity index (χ0v) is 32.3. The van der Waals surface area contributed by atoms with E-state index in [4.69, 9.17) is 42.6 Å². The van der Waals surface area contributed by atoms with E-state index in [2.05, 4.69) is 10.0 Å². The maximum atomic E-state index is 13.5. The first-order chi connectivity index (χ1) is 28.7. The molecule has 0 radical (unpaired) electrons. The number of nitrogens with zero attached hydrogens (tertiary/aromatic N) is 3. The molecule has 2 fully saturated rings. The molecule has 0 amide bonds. The van der Waals surface area contributed by atoms with Crippen LogP contribution in [0.4, 0.5) is 0 Å². The van der Waals surface area contributed by atoms with Gasteiger partial charge in [0.15, 0.2) is 24.8 Å². The van der Waals surface area contributed by atoms with E-state index < -0.39 is 79.3 Å². The van der Waals surface area contributed by atoms with Crippen LogP contribution < -0.4 is 0 Å². The molecule has 310 valence electrons. The first-order valence-electron chi connectivity index (χ1n) is 18.9. The smallest absolute Gasteiger partial charge is 0.338 e. The highest BCUT2D eigenvalue weighted by molar-refractivity contribution is 5.89. The molecule has 16 nitrogen and oxygen atoms in total. The predicted octanol–water partition coefficient (Wildman–Crippen LogP) is 5.21. The first-order valence-corrected chi connectivity index (χ1v) is 18.9. The monoisotopic (exact) mass is 811 g/mol. The lowest BCUT2D eigenvalue weighted by Gasteiger charge is -2.48. The molecule has 0 aromatic heterocycles. The number of rotatable bonds is 17. The molecule has 2 saturated heterocycles. The highest BCUT2D eigenvalue weighted by atomic mass is 16.7. The molecule has 6 rings (SSSR count). The van der Waals surface area contributed by atoms with E-state index in [9.17, 15) is 25.0 Å². The van der Waals surface area contributed by atoms with Crippen molar-refractivity contribution >= 4 is 17.9 Å². The molecule has 1 N–H and O–H groups in total. The van der Waals surface area contributed by atoms with Crippen molar-refractivity contribution in [2.24, 2.45) is 5.11 Å². The van der Waals surface area contributed by atoms with Crippen LogP contribution in [0.25, 0.3) is 10.4 Å². The Morgan fingerprint density at radius 2 is 1.20 bits per heavy atom. The summed E-state index contributed by atoms with van der Waals surface area (Å²) in [5.74, 6) is -2.40. The molecule has 4 aromatic rings. The van der Waals surface area contributed by atoms with Gasteiger partial charge < -0.3 is 47.7 Å². The number of azide groups is 1. The summed E-state index contributed by atoms with van der Waals surface area (Å²) >= 11 is 0. The van der Waals surface area contributed by atoms with Crippen LogP contribution in [0.5, 0.6) is 0 Å². The molecular formula is C43H45N3O13. The van der Waals surface area contributed by atoms with Gasteiger partial charge in [0.1, 0.15) is 43.2 Å². The number of aliphatic hydroxyl groups excluding tert-OH is 1. The Morgan fingerprint density at radius 1 is 0.695 bits per heavy atom. The Morgan fingerprint density at radius 3 is 1.71 bits per heavy atom. The summed E-state index contributed by atoms with van der Waals surface area (Å²) in [5.41, 5.74) is 12.4. The van der Waals surface area contributed by atoms with E-state index >= 15 is 0 Å². The predicted molar refractivity (Wildman–Crippen MR) is 207 cm³/mol. The van der Waals surface area contributed by atoms with Crippen LogP contribution in [-0.2, 0) is 72.0 Å². The van der Waals surface area contributed by atoms with Crippen molar-refractivity contribution in [3.8, 4) is 0 Å². The number of carbonyl (C=O) groups excluding carboxylic acids is 3. The van der Waals surface area contributed by atoms with Crippen LogP contribution in [0.3, 0.4) is 0 Å². The van der Waals surface area contributed by atoms with E-state index in [1.807, 2.05) is 66.7 Å². The fourth-order valence-corrected chi connectivity index (χ4v) is 6.73. The van der Waals surface area contributed by atoms with Gasteiger partial charge in [-0.25, -0.2) is 9.59 Å².